The molecule has 1 aromatic rings. The number of ether oxygens (including phenoxy) is 2. The number of amides is 1. The van der Waals surface area contributed by atoms with E-state index in [0.717, 1.165) is 12.1 Å². The summed E-state index contributed by atoms with van der Waals surface area (Å²) >= 11 is 0. The molecule has 2 atom stereocenters. The summed E-state index contributed by atoms with van der Waals surface area (Å²) < 4.78 is 64.2. The number of morpholine rings is 1. The number of hydrogen-bond donors (Lipinski definition) is 0. The van der Waals surface area contributed by atoms with E-state index in [9.17, 15) is 27.2 Å². The number of halogens is 4. The molecule has 9 heteroatoms. The van der Waals surface area contributed by atoms with Crippen LogP contribution in [0.25, 0.3) is 0 Å². The second-order valence-corrected chi connectivity index (χ2v) is 8.43. The molecule has 0 spiro atoms. The quantitative estimate of drug-likeness (QED) is 0.527. The topological polar surface area (TPSA) is 55.8 Å². The van der Waals surface area contributed by atoms with Crippen molar-refractivity contribution >= 4 is 11.9 Å². The maximum Gasteiger partial charge on any atom is 0.419 e. The second-order valence-electron chi connectivity index (χ2n) is 8.43. The van der Waals surface area contributed by atoms with Crippen LogP contribution in [0.4, 0.5) is 22.4 Å². The number of benzene rings is 1. The van der Waals surface area contributed by atoms with Crippen LogP contribution in [0.15, 0.2) is 18.2 Å². The van der Waals surface area contributed by atoms with Gasteiger partial charge in [-0.3, -0.25) is 9.69 Å². The Morgan fingerprint density at radius 2 is 1.69 bits per heavy atom. The normalized spacial score (nSPS) is 24.9. The summed E-state index contributed by atoms with van der Waals surface area (Å²) in [6, 6.07) is 1.79. The lowest BCUT2D eigenvalue weighted by atomic mass is 9.80. The standard InChI is InChI=1S/C20H23F4NO4/c1-19(2,3)29-18(27)25-12-7-11(8-13(25)10-28-9-12)17(26)14-5-4-6-15(16(14)21)20(22,23)24/h4-6,11-13H,7-10H2,1-3H3. The molecule has 2 unspecified atom stereocenters. The number of piperidine rings is 1. The minimum Gasteiger partial charge on any atom is -0.444 e. The molecule has 0 N–H and O–H groups in total. The fourth-order valence-corrected chi connectivity index (χ4v) is 3.90. The van der Waals surface area contributed by atoms with Gasteiger partial charge in [-0.1, -0.05) is 6.07 Å². The molecular weight excluding hydrogens is 394 g/mol. The molecular formula is C20H23F4NO4. The molecule has 1 aromatic carbocycles. The molecule has 29 heavy (non-hydrogen) atoms. The Bertz CT molecular complexity index is 789. The van der Waals surface area contributed by atoms with Crippen molar-refractivity contribution in [3.63, 3.8) is 0 Å². The van der Waals surface area contributed by atoms with Crippen LogP contribution in [0.2, 0.25) is 0 Å². The number of carbonyl (C=O) groups is 2. The van der Waals surface area contributed by atoms with Crippen molar-refractivity contribution in [2.75, 3.05) is 13.2 Å². The number of hydrogen-bond acceptors (Lipinski definition) is 4. The number of carbonyl (C=O) groups excluding carboxylic acids is 2. The zero-order valence-corrected chi connectivity index (χ0v) is 16.4. The molecule has 2 heterocycles. The van der Waals surface area contributed by atoms with E-state index in [1.807, 2.05) is 0 Å². The summed E-state index contributed by atoms with van der Waals surface area (Å²) in [4.78, 5) is 27.0. The number of Topliss-reactive ketones (excluding diaryl/α,β-unsaturated/α-hetero) is 1. The van der Waals surface area contributed by atoms with Gasteiger partial charge in [0.2, 0.25) is 0 Å². The molecule has 160 valence electrons. The smallest absolute Gasteiger partial charge is 0.419 e. The summed E-state index contributed by atoms with van der Waals surface area (Å²) in [6.45, 7) is 5.59. The fraction of sp³-hybridized carbons (Fsp3) is 0.600. The van der Waals surface area contributed by atoms with Crippen LogP contribution < -0.4 is 0 Å². The average molecular weight is 417 g/mol. The molecule has 0 aromatic heterocycles. The highest BCUT2D eigenvalue weighted by molar-refractivity contribution is 5.98. The molecule has 0 saturated carbocycles. The van der Waals surface area contributed by atoms with Gasteiger partial charge in [-0.25, -0.2) is 9.18 Å². The average Bonchev–Trinajstić information content (AvgIpc) is 2.57. The Morgan fingerprint density at radius 1 is 1.10 bits per heavy atom. The summed E-state index contributed by atoms with van der Waals surface area (Å²) in [5.74, 6) is -2.94. The van der Waals surface area contributed by atoms with Gasteiger partial charge in [-0.15, -0.1) is 0 Å². The van der Waals surface area contributed by atoms with E-state index in [0.29, 0.717) is 6.07 Å². The molecule has 5 nitrogen and oxygen atoms in total. The van der Waals surface area contributed by atoms with Crippen molar-refractivity contribution in [3.8, 4) is 0 Å². The molecule has 3 rings (SSSR count). The lowest BCUT2D eigenvalue weighted by molar-refractivity contribution is -0.140. The van der Waals surface area contributed by atoms with Crippen molar-refractivity contribution in [2.24, 2.45) is 5.92 Å². The maximum atomic E-state index is 14.4. The monoisotopic (exact) mass is 417 g/mol. The first-order valence-corrected chi connectivity index (χ1v) is 9.37. The highest BCUT2D eigenvalue weighted by atomic mass is 19.4. The van der Waals surface area contributed by atoms with E-state index in [1.54, 1.807) is 25.7 Å². The van der Waals surface area contributed by atoms with Crippen LogP contribution in [0.3, 0.4) is 0 Å². The molecule has 2 aliphatic heterocycles. The first-order valence-electron chi connectivity index (χ1n) is 9.37. The van der Waals surface area contributed by atoms with Crippen molar-refractivity contribution < 1.29 is 36.6 Å². The van der Waals surface area contributed by atoms with Crippen molar-refractivity contribution in [1.82, 2.24) is 4.90 Å². The van der Waals surface area contributed by atoms with Crippen molar-refractivity contribution in [3.05, 3.63) is 35.1 Å². The van der Waals surface area contributed by atoms with Crippen LogP contribution in [0.5, 0.6) is 0 Å². The van der Waals surface area contributed by atoms with Gasteiger partial charge >= 0.3 is 12.3 Å². The van der Waals surface area contributed by atoms with Crippen LogP contribution in [0, 0.1) is 11.7 Å². The molecule has 0 aliphatic carbocycles. The fourth-order valence-electron chi connectivity index (χ4n) is 3.90. The summed E-state index contributed by atoms with van der Waals surface area (Å²) in [5, 5.41) is 0. The zero-order chi connectivity index (χ0) is 21.6. The Morgan fingerprint density at radius 3 is 2.21 bits per heavy atom. The van der Waals surface area contributed by atoms with Gasteiger partial charge in [0.25, 0.3) is 0 Å². The summed E-state index contributed by atoms with van der Waals surface area (Å²) in [7, 11) is 0. The zero-order valence-electron chi connectivity index (χ0n) is 16.4. The third-order valence-corrected chi connectivity index (χ3v) is 5.07. The Kier molecular flexibility index (Phi) is 5.64. The summed E-state index contributed by atoms with van der Waals surface area (Å²) in [5.41, 5.74) is -2.73. The van der Waals surface area contributed by atoms with Crippen molar-refractivity contribution in [2.45, 2.75) is 57.5 Å². The predicted octanol–water partition coefficient (Wildman–Crippen LogP) is 4.44. The van der Waals surface area contributed by atoms with Crippen LogP contribution in [-0.2, 0) is 15.7 Å². The number of nitrogens with zero attached hydrogens (tertiary/aromatic N) is 1. The first kappa shape index (κ1) is 21.5. The highest BCUT2D eigenvalue weighted by Crippen LogP contribution is 2.37. The molecule has 2 fully saturated rings. The Balaban J connectivity index is 1.82. The lowest BCUT2D eigenvalue weighted by Gasteiger charge is -2.47. The van der Waals surface area contributed by atoms with Gasteiger partial charge in [-0.2, -0.15) is 13.2 Å². The van der Waals surface area contributed by atoms with Gasteiger partial charge in [0.1, 0.15) is 11.4 Å². The molecule has 2 saturated heterocycles. The number of rotatable bonds is 2. The summed E-state index contributed by atoms with van der Waals surface area (Å²) in [6.07, 6.45) is -5.06. The lowest BCUT2D eigenvalue weighted by Crippen LogP contribution is -2.60. The molecule has 2 aliphatic rings. The van der Waals surface area contributed by atoms with E-state index in [1.165, 1.54) is 0 Å². The Labute approximate surface area is 166 Å². The van der Waals surface area contributed by atoms with Crippen molar-refractivity contribution in [1.29, 1.82) is 0 Å². The van der Waals surface area contributed by atoms with Gasteiger partial charge in [0.05, 0.1) is 36.4 Å². The number of ketones is 1. The van der Waals surface area contributed by atoms with Gasteiger partial charge < -0.3 is 9.47 Å². The van der Waals surface area contributed by atoms with E-state index in [2.05, 4.69) is 0 Å². The van der Waals surface area contributed by atoms with Crippen LogP contribution in [0.1, 0.15) is 49.5 Å². The van der Waals surface area contributed by atoms with Crippen LogP contribution in [-0.4, -0.2) is 47.7 Å². The largest absolute Gasteiger partial charge is 0.444 e. The molecule has 0 radical (unpaired) electrons. The highest BCUT2D eigenvalue weighted by Gasteiger charge is 2.46. The van der Waals surface area contributed by atoms with Gasteiger partial charge in [0, 0.05) is 5.92 Å². The first-order chi connectivity index (χ1) is 13.4. The third kappa shape index (κ3) is 4.55. The van der Waals surface area contributed by atoms with Gasteiger partial charge in [-0.05, 0) is 45.7 Å². The number of alkyl halides is 3. The van der Waals surface area contributed by atoms with E-state index in [4.69, 9.17) is 9.47 Å². The second kappa shape index (κ2) is 7.59. The number of fused-ring (bicyclic) bond motifs is 2. The minimum absolute atomic E-state index is 0.171. The van der Waals surface area contributed by atoms with Crippen LogP contribution >= 0.6 is 0 Å². The Hall–Kier alpha value is -2.16. The predicted molar refractivity (Wildman–Crippen MR) is 94.9 cm³/mol. The maximum absolute atomic E-state index is 14.4. The molecule has 1 amide bonds. The minimum atomic E-state index is -4.88. The van der Waals surface area contributed by atoms with E-state index in [-0.39, 0.29) is 26.1 Å². The third-order valence-electron chi connectivity index (χ3n) is 5.07. The van der Waals surface area contributed by atoms with E-state index < -0.39 is 58.6 Å². The van der Waals surface area contributed by atoms with Gasteiger partial charge in [0.15, 0.2) is 5.78 Å². The van der Waals surface area contributed by atoms with E-state index >= 15 is 0 Å². The SMILES string of the molecule is CC(C)(C)OC(=O)N1C2COCC1CC(C(=O)c1cccc(C(F)(F)F)c1F)C2. The molecule has 2 bridgehead atoms.